The van der Waals surface area contributed by atoms with Crippen LogP contribution >= 0.6 is 0 Å². The predicted molar refractivity (Wildman–Crippen MR) is 90.4 cm³/mol. The van der Waals surface area contributed by atoms with Gasteiger partial charge in [0.2, 0.25) is 5.91 Å². The number of rotatable bonds is 3. The Bertz CT molecular complexity index is 680. The molecule has 2 atom stereocenters. The van der Waals surface area contributed by atoms with Crippen LogP contribution in [0, 0.1) is 20.8 Å². The zero-order valence-electron chi connectivity index (χ0n) is 14.5. The summed E-state index contributed by atoms with van der Waals surface area (Å²) in [6.45, 7) is 9.78. The number of carbonyl (C=O) groups excluding carboxylic acids is 1. The van der Waals surface area contributed by atoms with E-state index in [1.807, 2.05) is 31.1 Å². The molecule has 1 fully saturated rings. The third kappa shape index (κ3) is 2.92. The number of aryl methyl sites for hydroxylation is 3. The van der Waals surface area contributed by atoms with Gasteiger partial charge in [-0.05, 0) is 52.7 Å². The minimum atomic E-state index is -0.146. The van der Waals surface area contributed by atoms with Crippen molar-refractivity contribution in [2.24, 2.45) is 0 Å². The van der Waals surface area contributed by atoms with E-state index in [2.05, 4.69) is 40.1 Å². The van der Waals surface area contributed by atoms with Crippen LogP contribution in [0.4, 0.5) is 0 Å². The van der Waals surface area contributed by atoms with Gasteiger partial charge in [0.15, 0.2) is 0 Å². The van der Waals surface area contributed by atoms with E-state index in [9.17, 15) is 4.79 Å². The molecule has 0 aromatic carbocycles. The summed E-state index contributed by atoms with van der Waals surface area (Å²) in [6.07, 6.45) is 6.02. The highest BCUT2D eigenvalue weighted by Gasteiger charge is 2.29. The first kappa shape index (κ1) is 15.8. The molecule has 23 heavy (non-hydrogen) atoms. The third-order valence-corrected chi connectivity index (χ3v) is 5.03. The van der Waals surface area contributed by atoms with Gasteiger partial charge in [-0.25, -0.2) is 4.98 Å². The van der Waals surface area contributed by atoms with E-state index in [1.165, 1.54) is 0 Å². The minimum Gasteiger partial charge on any atom is -0.339 e. The van der Waals surface area contributed by atoms with Crippen LogP contribution in [0.1, 0.15) is 49.1 Å². The number of hydrogen-bond acceptors (Lipinski definition) is 2. The van der Waals surface area contributed by atoms with E-state index >= 15 is 0 Å². The third-order valence-electron chi connectivity index (χ3n) is 5.03. The van der Waals surface area contributed by atoms with Crippen LogP contribution in [0.25, 0.3) is 0 Å². The monoisotopic (exact) mass is 314 g/mol. The van der Waals surface area contributed by atoms with Crippen LogP contribution < -0.4 is 0 Å². The Labute approximate surface area is 137 Å². The van der Waals surface area contributed by atoms with Crippen molar-refractivity contribution in [2.45, 2.75) is 52.6 Å². The lowest BCUT2D eigenvalue weighted by Gasteiger charge is -2.36. The molecule has 2 aromatic heterocycles. The zero-order valence-corrected chi connectivity index (χ0v) is 14.5. The van der Waals surface area contributed by atoms with E-state index in [4.69, 9.17) is 0 Å². The van der Waals surface area contributed by atoms with E-state index in [1.54, 1.807) is 0 Å². The molecule has 1 amide bonds. The Morgan fingerprint density at radius 2 is 1.96 bits per heavy atom. The van der Waals surface area contributed by atoms with Crippen molar-refractivity contribution in [1.82, 2.24) is 19.0 Å². The predicted octanol–water partition coefficient (Wildman–Crippen LogP) is 3.03. The van der Waals surface area contributed by atoms with Crippen LogP contribution in [0.3, 0.4) is 0 Å². The Kier molecular flexibility index (Phi) is 4.28. The average Bonchev–Trinajstić information content (AvgIpc) is 3.12. The van der Waals surface area contributed by atoms with E-state index in [0.29, 0.717) is 6.04 Å². The highest BCUT2D eigenvalue weighted by atomic mass is 16.2. The SMILES string of the molecule is Cc1nccn1C1CCCN(C(=O)C(C)n2c(C)ccc2C)C1. The molecule has 1 aliphatic heterocycles. The summed E-state index contributed by atoms with van der Waals surface area (Å²) in [7, 11) is 0. The molecule has 5 heteroatoms. The summed E-state index contributed by atoms with van der Waals surface area (Å²) in [5.74, 6) is 1.24. The van der Waals surface area contributed by atoms with Crippen molar-refractivity contribution in [3.05, 3.63) is 41.7 Å². The molecule has 0 N–H and O–H groups in total. The van der Waals surface area contributed by atoms with Crippen molar-refractivity contribution in [1.29, 1.82) is 0 Å². The van der Waals surface area contributed by atoms with Crippen molar-refractivity contribution in [3.63, 3.8) is 0 Å². The number of likely N-dealkylation sites (tertiary alicyclic amines) is 1. The molecule has 0 spiro atoms. The van der Waals surface area contributed by atoms with Crippen molar-refractivity contribution in [2.75, 3.05) is 13.1 Å². The normalized spacial score (nSPS) is 19.8. The van der Waals surface area contributed by atoms with Gasteiger partial charge in [0, 0.05) is 36.9 Å². The van der Waals surface area contributed by atoms with Gasteiger partial charge in [-0.3, -0.25) is 4.79 Å². The first-order valence-corrected chi connectivity index (χ1v) is 8.41. The highest BCUT2D eigenvalue weighted by Crippen LogP contribution is 2.25. The number of aromatic nitrogens is 3. The number of carbonyl (C=O) groups is 1. The van der Waals surface area contributed by atoms with E-state index in [0.717, 1.165) is 43.1 Å². The van der Waals surface area contributed by atoms with Gasteiger partial charge < -0.3 is 14.0 Å². The number of amides is 1. The number of nitrogens with zero attached hydrogens (tertiary/aromatic N) is 4. The Morgan fingerprint density at radius 3 is 2.57 bits per heavy atom. The summed E-state index contributed by atoms with van der Waals surface area (Å²) in [5.41, 5.74) is 2.28. The fourth-order valence-corrected chi connectivity index (χ4v) is 3.82. The fraction of sp³-hybridized carbons (Fsp3) is 0.556. The summed E-state index contributed by atoms with van der Waals surface area (Å²) in [5, 5.41) is 0. The van der Waals surface area contributed by atoms with Crippen LogP contribution in [0.5, 0.6) is 0 Å². The van der Waals surface area contributed by atoms with E-state index < -0.39 is 0 Å². The Morgan fingerprint density at radius 1 is 1.26 bits per heavy atom. The van der Waals surface area contributed by atoms with Gasteiger partial charge in [-0.2, -0.15) is 0 Å². The first-order chi connectivity index (χ1) is 11.0. The molecule has 0 bridgehead atoms. The second kappa shape index (κ2) is 6.22. The molecule has 124 valence electrons. The van der Waals surface area contributed by atoms with Crippen LogP contribution in [-0.4, -0.2) is 38.0 Å². The number of imidazole rings is 1. The summed E-state index contributed by atoms with van der Waals surface area (Å²) in [4.78, 5) is 19.3. The topological polar surface area (TPSA) is 43.1 Å². The highest BCUT2D eigenvalue weighted by molar-refractivity contribution is 5.80. The lowest BCUT2D eigenvalue weighted by Crippen LogP contribution is -2.43. The molecule has 2 unspecified atom stereocenters. The van der Waals surface area contributed by atoms with Crippen molar-refractivity contribution >= 4 is 5.91 Å². The summed E-state index contributed by atoms with van der Waals surface area (Å²) in [6, 6.07) is 4.35. The fourth-order valence-electron chi connectivity index (χ4n) is 3.82. The number of piperidine rings is 1. The quantitative estimate of drug-likeness (QED) is 0.874. The van der Waals surface area contributed by atoms with Gasteiger partial charge in [0.1, 0.15) is 11.9 Å². The first-order valence-electron chi connectivity index (χ1n) is 8.41. The van der Waals surface area contributed by atoms with Crippen LogP contribution in [-0.2, 0) is 4.79 Å². The standard InChI is InChI=1S/C18H26N4O/c1-13-7-8-14(2)22(13)15(3)18(23)20-10-5-6-17(12-20)21-11-9-19-16(21)4/h7-9,11,15,17H,5-6,10,12H2,1-4H3. The van der Waals surface area contributed by atoms with Crippen molar-refractivity contribution < 1.29 is 4.79 Å². The Hall–Kier alpha value is -2.04. The second-order valence-electron chi connectivity index (χ2n) is 6.62. The smallest absolute Gasteiger partial charge is 0.245 e. The molecule has 2 aromatic rings. The molecule has 0 radical (unpaired) electrons. The van der Waals surface area contributed by atoms with Crippen molar-refractivity contribution in [3.8, 4) is 0 Å². The summed E-state index contributed by atoms with van der Waals surface area (Å²) < 4.78 is 4.34. The van der Waals surface area contributed by atoms with Gasteiger partial charge in [-0.15, -0.1) is 0 Å². The summed E-state index contributed by atoms with van der Waals surface area (Å²) >= 11 is 0. The van der Waals surface area contributed by atoms with Gasteiger partial charge in [0.25, 0.3) is 0 Å². The average molecular weight is 314 g/mol. The van der Waals surface area contributed by atoms with E-state index in [-0.39, 0.29) is 11.9 Å². The van der Waals surface area contributed by atoms with Crippen LogP contribution in [0.2, 0.25) is 0 Å². The molecule has 1 aliphatic rings. The largest absolute Gasteiger partial charge is 0.339 e. The maximum atomic E-state index is 13.0. The lowest BCUT2D eigenvalue weighted by molar-refractivity contribution is -0.136. The van der Waals surface area contributed by atoms with Gasteiger partial charge in [-0.1, -0.05) is 0 Å². The van der Waals surface area contributed by atoms with Gasteiger partial charge in [0.05, 0.1) is 6.04 Å². The maximum Gasteiger partial charge on any atom is 0.245 e. The number of hydrogen-bond donors (Lipinski definition) is 0. The molecule has 0 aliphatic carbocycles. The molecular weight excluding hydrogens is 288 g/mol. The zero-order chi connectivity index (χ0) is 16.6. The second-order valence-corrected chi connectivity index (χ2v) is 6.62. The van der Waals surface area contributed by atoms with Gasteiger partial charge >= 0.3 is 0 Å². The lowest BCUT2D eigenvalue weighted by atomic mass is 10.0. The molecular formula is C18H26N4O. The van der Waals surface area contributed by atoms with Crippen LogP contribution in [0.15, 0.2) is 24.5 Å². The molecule has 5 nitrogen and oxygen atoms in total. The molecule has 1 saturated heterocycles. The minimum absolute atomic E-state index is 0.146. The Balaban J connectivity index is 1.76. The molecule has 3 heterocycles. The molecule has 0 saturated carbocycles. The molecule has 3 rings (SSSR count). The maximum absolute atomic E-state index is 13.0.